The topological polar surface area (TPSA) is 81.4 Å². The molecule has 0 fully saturated rings. The van der Waals surface area contributed by atoms with E-state index in [4.69, 9.17) is 10.5 Å². The minimum Gasteiger partial charge on any atom is -0.492 e. The van der Waals surface area contributed by atoms with Crippen molar-refractivity contribution in [3.63, 3.8) is 0 Å². The molecule has 0 bridgehead atoms. The van der Waals surface area contributed by atoms with Gasteiger partial charge in [0.1, 0.15) is 10.6 Å². The average molecular weight is 286 g/mol. The van der Waals surface area contributed by atoms with Gasteiger partial charge in [-0.2, -0.15) is 0 Å². The zero-order chi connectivity index (χ0) is 14.5. The fourth-order valence-corrected chi connectivity index (χ4v) is 2.68. The third kappa shape index (κ3) is 4.40. The minimum absolute atomic E-state index is 0.0821. The van der Waals surface area contributed by atoms with Crippen LogP contribution in [0.3, 0.4) is 0 Å². The lowest BCUT2D eigenvalue weighted by molar-refractivity contribution is 0.246. The predicted molar refractivity (Wildman–Crippen MR) is 76.7 cm³/mol. The monoisotopic (exact) mass is 286 g/mol. The Morgan fingerprint density at radius 1 is 1.42 bits per heavy atom. The highest BCUT2D eigenvalue weighted by atomic mass is 32.2. The van der Waals surface area contributed by atoms with E-state index in [9.17, 15) is 8.42 Å². The molecule has 0 heterocycles. The molecule has 0 spiro atoms. The summed E-state index contributed by atoms with van der Waals surface area (Å²) in [5.41, 5.74) is 6.03. The van der Waals surface area contributed by atoms with Gasteiger partial charge in [-0.1, -0.05) is 20.3 Å². The number of ether oxygens (including phenoxy) is 1. The molecule has 0 saturated carbocycles. The van der Waals surface area contributed by atoms with Gasteiger partial charge in [-0.15, -0.1) is 0 Å². The summed E-state index contributed by atoms with van der Waals surface area (Å²) in [6, 6.07) is 4.64. The van der Waals surface area contributed by atoms with Crippen LogP contribution in [0.4, 0.5) is 5.69 Å². The van der Waals surface area contributed by atoms with Crippen LogP contribution < -0.4 is 15.2 Å². The van der Waals surface area contributed by atoms with Crippen LogP contribution in [-0.2, 0) is 10.0 Å². The molecule has 1 rings (SSSR count). The zero-order valence-corrected chi connectivity index (χ0v) is 12.5. The molecule has 1 unspecified atom stereocenters. The van der Waals surface area contributed by atoms with Gasteiger partial charge in [0.2, 0.25) is 10.0 Å². The normalized spacial score (nSPS) is 13.2. The molecule has 0 aliphatic heterocycles. The Hall–Kier alpha value is -1.27. The second-order valence-corrected chi connectivity index (χ2v) is 6.47. The van der Waals surface area contributed by atoms with E-state index in [2.05, 4.69) is 18.6 Å². The van der Waals surface area contributed by atoms with Crippen molar-refractivity contribution in [3.05, 3.63) is 18.2 Å². The summed E-state index contributed by atoms with van der Waals surface area (Å²) in [4.78, 5) is 0.0821. The van der Waals surface area contributed by atoms with Gasteiger partial charge in [0.25, 0.3) is 0 Å². The van der Waals surface area contributed by atoms with E-state index in [1.165, 1.54) is 13.1 Å². The SMILES string of the molecule is CCCC(C)COc1ccc(N)cc1S(=O)(=O)NC. The Balaban J connectivity index is 2.95. The van der Waals surface area contributed by atoms with Gasteiger partial charge in [-0.25, -0.2) is 13.1 Å². The van der Waals surface area contributed by atoms with E-state index < -0.39 is 10.0 Å². The molecule has 1 atom stereocenters. The molecule has 0 aromatic heterocycles. The zero-order valence-electron chi connectivity index (χ0n) is 11.6. The molecule has 0 radical (unpaired) electrons. The number of nitrogen functional groups attached to an aromatic ring is 1. The molecular weight excluding hydrogens is 264 g/mol. The summed E-state index contributed by atoms with van der Waals surface area (Å²) in [6.45, 7) is 4.67. The van der Waals surface area contributed by atoms with Gasteiger partial charge < -0.3 is 10.5 Å². The molecule has 1 aromatic carbocycles. The van der Waals surface area contributed by atoms with Crippen LogP contribution in [0.5, 0.6) is 5.75 Å². The van der Waals surface area contributed by atoms with Gasteiger partial charge in [0.15, 0.2) is 0 Å². The Labute approximate surface area is 115 Å². The number of hydrogen-bond donors (Lipinski definition) is 2. The molecule has 0 saturated heterocycles. The van der Waals surface area contributed by atoms with Crippen molar-refractivity contribution >= 4 is 15.7 Å². The number of anilines is 1. The molecule has 0 amide bonds. The Morgan fingerprint density at radius 3 is 2.68 bits per heavy atom. The maximum absolute atomic E-state index is 11.9. The van der Waals surface area contributed by atoms with Crippen molar-refractivity contribution in [1.29, 1.82) is 0 Å². The summed E-state index contributed by atoms with van der Waals surface area (Å²) in [6.07, 6.45) is 2.12. The second-order valence-electron chi connectivity index (χ2n) is 4.62. The number of nitrogens with one attached hydrogen (secondary N) is 1. The number of nitrogens with two attached hydrogens (primary N) is 1. The average Bonchev–Trinajstić information content (AvgIpc) is 2.37. The van der Waals surface area contributed by atoms with Gasteiger partial charge >= 0.3 is 0 Å². The maximum atomic E-state index is 11.9. The fourth-order valence-electron chi connectivity index (χ4n) is 1.77. The third-order valence-corrected chi connectivity index (χ3v) is 4.27. The van der Waals surface area contributed by atoms with E-state index in [1.807, 2.05) is 0 Å². The quantitative estimate of drug-likeness (QED) is 0.751. The molecule has 6 heteroatoms. The van der Waals surface area contributed by atoms with Crippen molar-refractivity contribution in [2.24, 2.45) is 5.92 Å². The van der Waals surface area contributed by atoms with Crippen LogP contribution in [0.15, 0.2) is 23.1 Å². The molecule has 1 aromatic rings. The largest absolute Gasteiger partial charge is 0.492 e. The third-order valence-electron chi connectivity index (χ3n) is 2.83. The molecule has 108 valence electrons. The van der Waals surface area contributed by atoms with Gasteiger partial charge in [-0.3, -0.25) is 0 Å². The van der Waals surface area contributed by atoms with Gasteiger partial charge in [0, 0.05) is 5.69 Å². The lowest BCUT2D eigenvalue weighted by atomic mass is 10.1. The Morgan fingerprint density at radius 2 is 2.11 bits per heavy atom. The van der Waals surface area contributed by atoms with Crippen LogP contribution in [0, 0.1) is 5.92 Å². The summed E-state index contributed by atoms with van der Waals surface area (Å²) in [7, 11) is -2.20. The highest BCUT2D eigenvalue weighted by Crippen LogP contribution is 2.26. The molecule has 19 heavy (non-hydrogen) atoms. The summed E-state index contributed by atoms with van der Waals surface area (Å²) in [5, 5.41) is 0. The first kappa shape index (κ1) is 15.8. The van der Waals surface area contributed by atoms with Crippen molar-refractivity contribution in [2.75, 3.05) is 19.4 Å². The molecular formula is C13H22N2O3S. The van der Waals surface area contributed by atoms with E-state index in [0.717, 1.165) is 12.8 Å². The lowest BCUT2D eigenvalue weighted by Gasteiger charge is -2.15. The first-order valence-corrected chi connectivity index (χ1v) is 7.85. The Bertz CT molecular complexity index is 515. The molecule has 0 aliphatic carbocycles. The van der Waals surface area contributed by atoms with Gasteiger partial charge in [-0.05, 0) is 37.6 Å². The number of sulfonamides is 1. The van der Waals surface area contributed by atoms with Crippen LogP contribution in [0.2, 0.25) is 0 Å². The van der Waals surface area contributed by atoms with E-state index in [-0.39, 0.29) is 4.90 Å². The van der Waals surface area contributed by atoms with Crippen molar-refractivity contribution in [2.45, 2.75) is 31.6 Å². The van der Waals surface area contributed by atoms with Gasteiger partial charge in [0.05, 0.1) is 6.61 Å². The van der Waals surface area contributed by atoms with Crippen molar-refractivity contribution in [3.8, 4) is 5.75 Å². The van der Waals surface area contributed by atoms with E-state index in [0.29, 0.717) is 24.0 Å². The lowest BCUT2D eigenvalue weighted by Crippen LogP contribution is -2.20. The van der Waals surface area contributed by atoms with Crippen molar-refractivity contribution in [1.82, 2.24) is 4.72 Å². The molecule has 5 nitrogen and oxygen atoms in total. The van der Waals surface area contributed by atoms with Crippen LogP contribution in [-0.4, -0.2) is 22.1 Å². The van der Waals surface area contributed by atoms with Crippen molar-refractivity contribution < 1.29 is 13.2 Å². The standard InChI is InChI=1S/C13H22N2O3S/c1-4-5-10(2)9-18-12-7-6-11(14)8-13(12)19(16,17)15-3/h6-8,10,15H,4-5,9,14H2,1-3H3. The molecule has 3 N–H and O–H groups in total. The summed E-state index contributed by atoms with van der Waals surface area (Å²) < 4.78 is 31.7. The first-order chi connectivity index (χ1) is 8.90. The first-order valence-electron chi connectivity index (χ1n) is 6.36. The highest BCUT2D eigenvalue weighted by Gasteiger charge is 2.18. The number of hydrogen-bond acceptors (Lipinski definition) is 4. The van der Waals surface area contributed by atoms with Crippen LogP contribution in [0.1, 0.15) is 26.7 Å². The minimum atomic E-state index is -3.57. The highest BCUT2D eigenvalue weighted by molar-refractivity contribution is 7.89. The number of rotatable bonds is 7. The number of benzene rings is 1. The van der Waals surface area contributed by atoms with Crippen LogP contribution in [0.25, 0.3) is 0 Å². The van der Waals surface area contributed by atoms with Crippen LogP contribution >= 0.6 is 0 Å². The summed E-state index contributed by atoms with van der Waals surface area (Å²) in [5.74, 6) is 0.721. The fraction of sp³-hybridized carbons (Fsp3) is 0.538. The summed E-state index contributed by atoms with van der Waals surface area (Å²) >= 11 is 0. The van der Waals surface area contributed by atoms with E-state index >= 15 is 0 Å². The maximum Gasteiger partial charge on any atom is 0.244 e. The second kappa shape index (κ2) is 6.77. The Kier molecular flexibility index (Phi) is 5.62. The predicted octanol–water partition coefficient (Wildman–Crippen LogP) is 1.99. The van der Waals surface area contributed by atoms with E-state index in [1.54, 1.807) is 12.1 Å². The smallest absolute Gasteiger partial charge is 0.244 e. The molecule has 0 aliphatic rings.